The fraction of sp³-hybridized carbons (Fsp3) is 0.692. The van der Waals surface area contributed by atoms with Crippen molar-refractivity contribution in [3.05, 3.63) is 17.3 Å². The van der Waals surface area contributed by atoms with Crippen LogP contribution >= 0.6 is 0 Å². The summed E-state index contributed by atoms with van der Waals surface area (Å²) >= 11 is 0. The van der Waals surface area contributed by atoms with E-state index in [9.17, 15) is 4.79 Å². The number of likely N-dealkylation sites (tertiary alicyclic amines) is 1. The molecule has 4 heteroatoms. The average molecular weight is 236 g/mol. The van der Waals surface area contributed by atoms with Crippen molar-refractivity contribution in [2.75, 3.05) is 6.54 Å². The molecule has 0 bridgehead atoms. The first-order valence-electron chi connectivity index (χ1n) is 6.25. The molecule has 2 heterocycles. The van der Waals surface area contributed by atoms with Gasteiger partial charge in [-0.1, -0.05) is 6.42 Å². The Labute approximate surface area is 102 Å². The first kappa shape index (κ1) is 12.3. The van der Waals surface area contributed by atoms with Crippen LogP contribution in [0.25, 0.3) is 0 Å². The summed E-state index contributed by atoms with van der Waals surface area (Å²) in [5.41, 5.74) is 0.941. The predicted octanol–water partition coefficient (Wildman–Crippen LogP) is 2.23. The van der Waals surface area contributed by atoms with E-state index in [0.717, 1.165) is 43.2 Å². The van der Waals surface area contributed by atoms with Gasteiger partial charge in [-0.25, -0.2) is 4.98 Å². The van der Waals surface area contributed by atoms with E-state index in [1.807, 2.05) is 13.8 Å². The van der Waals surface area contributed by atoms with Crippen LogP contribution < -0.4 is 0 Å². The molecule has 94 valence electrons. The van der Waals surface area contributed by atoms with Crippen molar-refractivity contribution in [1.82, 2.24) is 9.88 Å². The van der Waals surface area contributed by atoms with Crippen molar-refractivity contribution in [2.24, 2.45) is 0 Å². The summed E-state index contributed by atoms with van der Waals surface area (Å²) < 4.78 is 5.58. The summed E-state index contributed by atoms with van der Waals surface area (Å²) in [6.45, 7) is 7.16. The van der Waals surface area contributed by atoms with E-state index in [0.29, 0.717) is 6.54 Å². The number of nitrogens with zero attached hydrogens (tertiary/aromatic N) is 2. The third-order valence-electron chi connectivity index (χ3n) is 3.49. The Morgan fingerprint density at radius 2 is 2.24 bits per heavy atom. The van der Waals surface area contributed by atoms with Crippen LogP contribution in [0, 0.1) is 13.8 Å². The van der Waals surface area contributed by atoms with Gasteiger partial charge in [0, 0.05) is 0 Å². The minimum absolute atomic E-state index is 0.0521. The van der Waals surface area contributed by atoms with Crippen molar-refractivity contribution in [2.45, 2.75) is 52.6 Å². The SMILES string of the molecule is CC(=O)C1CCCCN1Cc1nc(C)c(C)o1. The molecular formula is C13H20N2O2. The van der Waals surface area contributed by atoms with Gasteiger partial charge in [0.15, 0.2) is 0 Å². The molecule has 1 aliphatic heterocycles. The lowest BCUT2D eigenvalue weighted by Gasteiger charge is -2.32. The Morgan fingerprint density at radius 3 is 2.82 bits per heavy atom. The van der Waals surface area contributed by atoms with Crippen LogP contribution in [-0.4, -0.2) is 28.3 Å². The number of piperidine rings is 1. The van der Waals surface area contributed by atoms with Gasteiger partial charge in [-0.05, 0) is 40.2 Å². The first-order valence-corrected chi connectivity index (χ1v) is 6.25. The molecule has 2 rings (SSSR count). The number of aryl methyl sites for hydroxylation is 2. The fourth-order valence-electron chi connectivity index (χ4n) is 2.42. The summed E-state index contributed by atoms with van der Waals surface area (Å²) in [4.78, 5) is 18.1. The van der Waals surface area contributed by atoms with Crippen molar-refractivity contribution in [3.63, 3.8) is 0 Å². The molecule has 17 heavy (non-hydrogen) atoms. The molecule has 0 radical (unpaired) electrons. The third kappa shape index (κ3) is 2.75. The van der Waals surface area contributed by atoms with Crippen molar-refractivity contribution < 1.29 is 9.21 Å². The van der Waals surface area contributed by atoms with Crippen LogP contribution in [0.4, 0.5) is 0 Å². The monoisotopic (exact) mass is 236 g/mol. The van der Waals surface area contributed by atoms with Gasteiger partial charge in [0.05, 0.1) is 18.3 Å². The minimum Gasteiger partial charge on any atom is -0.444 e. The number of oxazole rings is 1. The number of carbonyl (C=O) groups excluding carboxylic acids is 1. The second-order valence-corrected chi connectivity index (χ2v) is 4.84. The Morgan fingerprint density at radius 1 is 1.47 bits per heavy atom. The quantitative estimate of drug-likeness (QED) is 0.807. The standard InChI is InChI=1S/C13H20N2O2/c1-9-11(3)17-13(14-9)8-15-7-5-4-6-12(15)10(2)16/h12H,4-8H2,1-3H3. The second kappa shape index (κ2) is 5.00. The molecule has 0 saturated carbocycles. The highest BCUT2D eigenvalue weighted by atomic mass is 16.4. The van der Waals surface area contributed by atoms with Gasteiger partial charge in [0.2, 0.25) is 5.89 Å². The lowest BCUT2D eigenvalue weighted by atomic mass is 9.99. The molecule has 0 N–H and O–H groups in total. The molecule has 1 unspecified atom stereocenters. The Bertz CT molecular complexity index is 392. The highest BCUT2D eigenvalue weighted by molar-refractivity contribution is 5.81. The highest BCUT2D eigenvalue weighted by Crippen LogP contribution is 2.20. The van der Waals surface area contributed by atoms with Crippen molar-refractivity contribution in [3.8, 4) is 0 Å². The first-order chi connectivity index (χ1) is 8.08. The number of aromatic nitrogens is 1. The van der Waals surface area contributed by atoms with Crippen LogP contribution in [0.2, 0.25) is 0 Å². The zero-order valence-electron chi connectivity index (χ0n) is 10.8. The van der Waals surface area contributed by atoms with E-state index < -0.39 is 0 Å². The molecule has 1 fully saturated rings. The predicted molar refractivity (Wildman–Crippen MR) is 64.7 cm³/mol. The smallest absolute Gasteiger partial charge is 0.208 e. The topological polar surface area (TPSA) is 46.3 Å². The van der Waals surface area contributed by atoms with Crippen LogP contribution in [0.15, 0.2) is 4.42 Å². The van der Waals surface area contributed by atoms with Crippen LogP contribution in [0.1, 0.15) is 43.5 Å². The lowest BCUT2D eigenvalue weighted by Crippen LogP contribution is -2.43. The summed E-state index contributed by atoms with van der Waals surface area (Å²) in [5.74, 6) is 1.86. The largest absolute Gasteiger partial charge is 0.444 e. The number of hydrogen-bond donors (Lipinski definition) is 0. The van der Waals surface area contributed by atoms with E-state index in [-0.39, 0.29) is 11.8 Å². The van der Waals surface area contributed by atoms with Gasteiger partial charge in [0.25, 0.3) is 0 Å². The molecule has 1 aromatic heterocycles. The molecule has 0 aliphatic carbocycles. The minimum atomic E-state index is 0.0521. The van der Waals surface area contributed by atoms with E-state index in [1.165, 1.54) is 0 Å². The molecule has 0 spiro atoms. The average Bonchev–Trinajstić information content (AvgIpc) is 2.58. The molecule has 1 saturated heterocycles. The zero-order valence-corrected chi connectivity index (χ0v) is 10.8. The van der Waals surface area contributed by atoms with Gasteiger partial charge < -0.3 is 4.42 Å². The number of Topliss-reactive ketones (excluding diaryl/α,β-unsaturated/α-hetero) is 1. The van der Waals surface area contributed by atoms with Crippen molar-refractivity contribution in [1.29, 1.82) is 0 Å². The summed E-state index contributed by atoms with van der Waals surface area (Å²) in [7, 11) is 0. The van der Waals surface area contributed by atoms with Gasteiger partial charge >= 0.3 is 0 Å². The van der Waals surface area contributed by atoms with Gasteiger partial charge in [-0.2, -0.15) is 0 Å². The van der Waals surface area contributed by atoms with E-state index in [1.54, 1.807) is 6.92 Å². The molecule has 1 aliphatic rings. The van der Waals surface area contributed by atoms with Crippen LogP contribution in [-0.2, 0) is 11.3 Å². The number of ketones is 1. The van der Waals surface area contributed by atoms with Gasteiger partial charge in [-0.15, -0.1) is 0 Å². The molecular weight excluding hydrogens is 216 g/mol. The van der Waals surface area contributed by atoms with E-state index in [4.69, 9.17) is 4.42 Å². The lowest BCUT2D eigenvalue weighted by molar-refractivity contribution is -0.123. The maximum absolute atomic E-state index is 11.6. The number of hydrogen-bond acceptors (Lipinski definition) is 4. The second-order valence-electron chi connectivity index (χ2n) is 4.84. The molecule has 1 aromatic rings. The Hall–Kier alpha value is -1.16. The fourth-order valence-corrected chi connectivity index (χ4v) is 2.42. The Kier molecular flexibility index (Phi) is 3.62. The molecule has 1 atom stereocenters. The third-order valence-corrected chi connectivity index (χ3v) is 3.49. The normalized spacial score (nSPS) is 21.7. The van der Waals surface area contributed by atoms with Crippen molar-refractivity contribution >= 4 is 5.78 Å². The Balaban J connectivity index is 2.07. The number of carbonyl (C=O) groups is 1. The van der Waals surface area contributed by atoms with E-state index in [2.05, 4.69) is 9.88 Å². The van der Waals surface area contributed by atoms with Gasteiger partial charge in [0.1, 0.15) is 11.5 Å². The summed E-state index contributed by atoms with van der Waals surface area (Å²) in [6, 6.07) is 0.0521. The van der Waals surface area contributed by atoms with Crippen LogP contribution in [0.3, 0.4) is 0 Å². The highest BCUT2D eigenvalue weighted by Gasteiger charge is 2.27. The molecule has 0 amide bonds. The summed E-state index contributed by atoms with van der Waals surface area (Å²) in [5, 5.41) is 0. The maximum atomic E-state index is 11.6. The maximum Gasteiger partial charge on any atom is 0.208 e. The van der Waals surface area contributed by atoms with Gasteiger partial charge in [-0.3, -0.25) is 9.69 Å². The zero-order chi connectivity index (χ0) is 12.4. The van der Waals surface area contributed by atoms with E-state index >= 15 is 0 Å². The molecule has 0 aromatic carbocycles. The van der Waals surface area contributed by atoms with Crippen LogP contribution in [0.5, 0.6) is 0 Å². The molecule has 4 nitrogen and oxygen atoms in total. The number of rotatable bonds is 3. The summed E-state index contributed by atoms with van der Waals surface area (Å²) in [6.07, 6.45) is 3.26.